The standard InChI is InChI=1S/C8H8O2.C5H6N2/c1-6-2-3-7-8(4-6)10-5-9-7;1-5-6-3-2-4-7-5/h2-4H,5H2,1H3;2-4H,1H3. The minimum atomic E-state index is 0.360. The minimum Gasteiger partial charge on any atom is -0.454 e. The maximum Gasteiger partial charge on any atom is 0.231 e. The van der Waals surface area contributed by atoms with Crippen molar-refractivity contribution in [3.8, 4) is 11.5 Å². The maximum absolute atomic E-state index is 5.16. The summed E-state index contributed by atoms with van der Waals surface area (Å²) in [5.41, 5.74) is 1.20. The van der Waals surface area contributed by atoms with Gasteiger partial charge in [0.15, 0.2) is 11.5 Å². The average molecular weight is 230 g/mol. The Balaban J connectivity index is 0.000000136. The molecule has 2 aromatic rings. The zero-order valence-corrected chi connectivity index (χ0v) is 9.88. The second-order valence-electron chi connectivity index (χ2n) is 3.65. The van der Waals surface area contributed by atoms with Crippen LogP contribution in [0.2, 0.25) is 0 Å². The third kappa shape index (κ3) is 3.17. The Morgan fingerprint density at radius 1 is 1.00 bits per heavy atom. The summed E-state index contributed by atoms with van der Waals surface area (Å²) in [7, 11) is 0. The molecule has 4 heteroatoms. The van der Waals surface area contributed by atoms with E-state index in [9.17, 15) is 0 Å². The lowest BCUT2D eigenvalue weighted by Gasteiger charge is -1.94. The Morgan fingerprint density at radius 3 is 2.35 bits per heavy atom. The molecule has 0 saturated carbocycles. The summed E-state index contributed by atoms with van der Waals surface area (Å²) in [5.74, 6) is 2.54. The SMILES string of the molecule is Cc1ccc2c(c1)OCO2.Cc1ncccn1. The van der Waals surface area contributed by atoms with E-state index < -0.39 is 0 Å². The third-order valence-electron chi connectivity index (χ3n) is 2.22. The van der Waals surface area contributed by atoms with Crippen LogP contribution in [-0.2, 0) is 0 Å². The molecule has 0 bridgehead atoms. The molecule has 4 nitrogen and oxygen atoms in total. The first-order chi connectivity index (χ1) is 8.25. The van der Waals surface area contributed by atoms with Gasteiger partial charge in [-0.2, -0.15) is 0 Å². The first kappa shape index (κ1) is 11.4. The van der Waals surface area contributed by atoms with E-state index in [0.717, 1.165) is 17.3 Å². The molecule has 0 saturated heterocycles. The fourth-order valence-corrected chi connectivity index (χ4v) is 1.38. The van der Waals surface area contributed by atoms with Crippen molar-refractivity contribution in [1.82, 2.24) is 9.97 Å². The molecule has 0 spiro atoms. The summed E-state index contributed by atoms with van der Waals surface area (Å²) in [5, 5.41) is 0. The summed E-state index contributed by atoms with van der Waals surface area (Å²) < 4.78 is 10.3. The molecule has 0 amide bonds. The van der Waals surface area contributed by atoms with Gasteiger partial charge in [-0.1, -0.05) is 6.07 Å². The topological polar surface area (TPSA) is 44.2 Å². The first-order valence-corrected chi connectivity index (χ1v) is 5.35. The smallest absolute Gasteiger partial charge is 0.231 e. The van der Waals surface area contributed by atoms with Crippen LogP contribution in [0.4, 0.5) is 0 Å². The van der Waals surface area contributed by atoms with Gasteiger partial charge in [0, 0.05) is 12.4 Å². The van der Waals surface area contributed by atoms with E-state index in [1.54, 1.807) is 18.5 Å². The Bertz CT molecular complexity index is 486. The highest BCUT2D eigenvalue weighted by Gasteiger charge is 2.11. The summed E-state index contributed by atoms with van der Waals surface area (Å²) in [6, 6.07) is 7.71. The number of hydrogen-bond donors (Lipinski definition) is 0. The van der Waals surface area contributed by atoms with Gasteiger partial charge in [0.2, 0.25) is 6.79 Å². The van der Waals surface area contributed by atoms with Crippen molar-refractivity contribution in [2.45, 2.75) is 13.8 Å². The maximum atomic E-state index is 5.16. The fourth-order valence-electron chi connectivity index (χ4n) is 1.38. The lowest BCUT2D eigenvalue weighted by atomic mass is 10.2. The van der Waals surface area contributed by atoms with E-state index in [0.29, 0.717) is 6.79 Å². The zero-order valence-electron chi connectivity index (χ0n) is 9.88. The molecule has 0 fully saturated rings. The number of ether oxygens (including phenoxy) is 2. The van der Waals surface area contributed by atoms with Crippen LogP contribution >= 0.6 is 0 Å². The van der Waals surface area contributed by atoms with Crippen LogP contribution in [0.5, 0.6) is 11.5 Å². The molecule has 1 aromatic carbocycles. The number of aromatic nitrogens is 2. The van der Waals surface area contributed by atoms with Crippen LogP contribution in [0.15, 0.2) is 36.7 Å². The van der Waals surface area contributed by atoms with Gasteiger partial charge in [0.25, 0.3) is 0 Å². The van der Waals surface area contributed by atoms with Gasteiger partial charge in [-0.05, 0) is 37.6 Å². The number of nitrogens with zero attached hydrogens (tertiary/aromatic N) is 2. The van der Waals surface area contributed by atoms with Gasteiger partial charge in [-0.3, -0.25) is 0 Å². The van der Waals surface area contributed by atoms with Crippen LogP contribution < -0.4 is 9.47 Å². The van der Waals surface area contributed by atoms with E-state index in [1.807, 2.05) is 32.0 Å². The summed E-state index contributed by atoms with van der Waals surface area (Å²) >= 11 is 0. The van der Waals surface area contributed by atoms with E-state index in [4.69, 9.17) is 9.47 Å². The molecular weight excluding hydrogens is 216 g/mol. The van der Waals surface area contributed by atoms with E-state index in [2.05, 4.69) is 9.97 Å². The minimum absolute atomic E-state index is 0.360. The Kier molecular flexibility index (Phi) is 3.55. The van der Waals surface area contributed by atoms with Gasteiger partial charge >= 0.3 is 0 Å². The first-order valence-electron chi connectivity index (χ1n) is 5.35. The number of rotatable bonds is 0. The van der Waals surface area contributed by atoms with E-state index in [1.165, 1.54) is 5.56 Å². The molecule has 0 aliphatic carbocycles. The summed E-state index contributed by atoms with van der Waals surface area (Å²) in [6.07, 6.45) is 3.45. The molecule has 1 aliphatic rings. The molecule has 0 unspecified atom stereocenters. The normalized spacial score (nSPS) is 11.6. The monoisotopic (exact) mass is 230 g/mol. The largest absolute Gasteiger partial charge is 0.454 e. The molecule has 1 aliphatic heterocycles. The quantitative estimate of drug-likeness (QED) is 0.697. The van der Waals surface area contributed by atoms with Crippen molar-refractivity contribution in [3.05, 3.63) is 48.0 Å². The van der Waals surface area contributed by atoms with E-state index in [-0.39, 0.29) is 0 Å². The van der Waals surface area contributed by atoms with Crippen LogP contribution in [-0.4, -0.2) is 16.8 Å². The molecule has 0 N–H and O–H groups in total. The number of aryl methyl sites for hydroxylation is 2. The fraction of sp³-hybridized carbons (Fsp3) is 0.231. The lowest BCUT2D eigenvalue weighted by Crippen LogP contribution is -1.92. The van der Waals surface area contributed by atoms with E-state index >= 15 is 0 Å². The predicted octanol–water partition coefficient (Wildman–Crippen LogP) is 2.51. The predicted molar refractivity (Wildman–Crippen MR) is 64.1 cm³/mol. The summed E-state index contributed by atoms with van der Waals surface area (Å²) in [6.45, 7) is 4.25. The average Bonchev–Trinajstić information content (AvgIpc) is 2.78. The van der Waals surface area contributed by atoms with Gasteiger partial charge < -0.3 is 9.47 Å². The second-order valence-corrected chi connectivity index (χ2v) is 3.65. The molecule has 88 valence electrons. The van der Waals surface area contributed by atoms with Crippen LogP contribution in [0, 0.1) is 13.8 Å². The van der Waals surface area contributed by atoms with Crippen molar-refractivity contribution < 1.29 is 9.47 Å². The van der Waals surface area contributed by atoms with Crippen molar-refractivity contribution in [2.24, 2.45) is 0 Å². The van der Waals surface area contributed by atoms with Crippen molar-refractivity contribution in [1.29, 1.82) is 0 Å². The van der Waals surface area contributed by atoms with Gasteiger partial charge in [-0.25, -0.2) is 9.97 Å². The lowest BCUT2D eigenvalue weighted by molar-refractivity contribution is 0.174. The molecule has 0 radical (unpaired) electrons. The van der Waals surface area contributed by atoms with Gasteiger partial charge in [0.05, 0.1) is 0 Å². The van der Waals surface area contributed by atoms with Crippen LogP contribution in [0.25, 0.3) is 0 Å². The van der Waals surface area contributed by atoms with Crippen molar-refractivity contribution >= 4 is 0 Å². The Labute approximate surface area is 100 Å². The Morgan fingerprint density at radius 2 is 1.71 bits per heavy atom. The Hall–Kier alpha value is -2.10. The highest BCUT2D eigenvalue weighted by Crippen LogP contribution is 2.31. The van der Waals surface area contributed by atoms with Crippen LogP contribution in [0.1, 0.15) is 11.4 Å². The molecule has 3 rings (SSSR count). The zero-order chi connectivity index (χ0) is 12.1. The molecular formula is C13H14N2O2. The molecule has 1 aromatic heterocycles. The van der Waals surface area contributed by atoms with Crippen LogP contribution in [0.3, 0.4) is 0 Å². The summed E-state index contributed by atoms with van der Waals surface area (Å²) in [4.78, 5) is 7.74. The molecule has 0 atom stereocenters. The molecule has 17 heavy (non-hydrogen) atoms. The van der Waals surface area contributed by atoms with Crippen molar-refractivity contribution in [3.63, 3.8) is 0 Å². The highest BCUT2D eigenvalue weighted by molar-refractivity contribution is 5.43. The molecule has 2 heterocycles. The van der Waals surface area contributed by atoms with Gasteiger partial charge in [-0.15, -0.1) is 0 Å². The van der Waals surface area contributed by atoms with Crippen molar-refractivity contribution in [2.75, 3.05) is 6.79 Å². The van der Waals surface area contributed by atoms with Gasteiger partial charge in [0.1, 0.15) is 5.82 Å². The highest BCUT2D eigenvalue weighted by atomic mass is 16.7. The number of hydrogen-bond acceptors (Lipinski definition) is 4. The number of benzene rings is 1. The third-order valence-corrected chi connectivity index (χ3v) is 2.22. The number of fused-ring (bicyclic) bond motifs is 1. The second kappa shape index (κ2) is 5.30.